The minimum absolute atomic E-state index is 0.00202. The summed E-state index contributed by atoms with van der Waals surface area (Å²) in [5, 5.41) is 3.12. The van der Waals surface area contributed by atoms with E-state index in [4.69, 9.17) is 4.74 Å². The van der Waals surface area contributed by atoms with Crippen LogP contribution in [0, 0.1) is 0 Å². The van der Waals surface area contributed by atoms with Crippen LogP contribution in [0.5, 0.6) is 5.75 Å². The molecule has 1 atom stereocenters. The van der Waals surface area contributed by atoms with Gasteiger partial charge in [0.25, 0.3) is 0 Å². The van der Waals surface area contributed by atoms with E-state index in [-0.39, 0.29) is 12.1 Å². The molecule has 3 rings (SSSR count). The van der Waals surface area contributed by atoms with Crippen LogP contribution in [0.15, 0.2) is 48.5 Å². The van der Waals surface area contributed by atoms with E-state index in [0.29, 0.717) is 0 Å². The molecule has 2 amide bonds. The van der Waals surface area contributed by atoms with Crippen molar-refractivity contribution in [3.63, 3.8) is 0 Å². The summed E-state index contributed by atoms with van der Waals surface area (Å²) in [5.41, 5.74) is 3.54. The van der Waals surface area contributed by atoms with Crippen LogP contribution in [0.4, 0.5) is 10.5 Å². The molecule has 0 bridgehead atoms. The first-order valence-electron chi connectivity index (χ1n) is 8.46. The maximum Gasteiger partial charge on any atom is 0.322 e. The number of anilines is 1. The van der Waals surface area contributed by atoms with Gasteiger partial charge in [0.05, 0.1) is 7.11 Å². The lowest BCUT2D eigenvalue weighted by Gasteiger charge is -2.21. The summed E-state index contributed by atoms with van der Waals surface area (Å²) in [7, 11) is 1.67. The number of rotatable bonds is 5. The summed E-state index contributed by atoms with van der Waals surface area (Å²) < 4.78 is 5.17. The number of hydrogen-bond donors (Lipinski definition) is 1. The lowest BCUT2D eigenvalue weighted by atomic mass is 10.1. The highest BCUT2D eigenvalue weighted by molar-refractivity contribution is 5.94. The number of methoxy groups -OCH3 is 1. The summed E-state index contributed by atoms with van der Waals surface area (Å²) in [6, 6.07) is 16.3. The topological polar surface area (TPSA) is 41.6 Å². The number of hydrogen-bond acceptors (Lipinski definition) is 2. The highest BCUT2D eigenvalue weighted by Crippen LogP contribution is 2.27. The fraction of sp³-hybridized carbons (Fsp3) is 0.350. The van der Waals surface area contributed by atoms with Crippen LogP contribution in [-0.4, -0.2) is 25.7 Å². The van der Waals surface area contributed by atoms with E-state index < -0.39 is 0 Å². The summed E-state index contributed by atoms with van der Waals surface area (Å²) in [5.74, 6) is 0.868. The van der Waals surface area contributed by atoms with E-state index in [1.807, 2.05) is 35.2 Å². The van der Waals surface area contributed by atoms with Crippen molar-refractivity contribution < 1.29 is 9.53 Å². The van der Waals surface area contributed by atoms with Crippen molar-refractivity contribution in [2.45, 2.75) is 32.2 Å². The quantitative estimate of drug-likeness (QED) is 0.909. The van der Waals surface area contributed by atoms with Gasteiger partial charge >= 0.3 is 6.03 Å². The van der Waals surface area contributed by atoms with Gasteiger partial charge in [0.15, 0.2) is 0 Å². The molecule has 0 saturated heterocycles. The molecule has 4 nitrogen and oxygen atoms in total. The molecule has 1 aliphatic rings. The number of amides is 2. The molecule has 0 radical (unpaired) electrons. The fourth-order valence-electron chi connectivity index (χ4n) is 3.09. The number of carbonyl (C=O) groups is 1. The second kappa shape index (κ2) is 7.39. The van der Waals surface area contributed by atoms with E-state index >= 15 is 0 Å². The first-order valence-corrected chi connectivity index (χ1v) is 8.46. The van der Waals surface area contributed by atoms with E-state index in [1.54, 1.807) is 7.11 Å². The van der Waals surface area contributed by atoms with Crippen LogP contribution >= 0.6 is 0 Å². The average molecular weight is 324 g/mol. The van der Waals surface area contributed by atoms with Crippen LogP contribution in [-0.2, 0) is 12.8 Å². The Balaban J connectivity index is 1.51. The molecule has 0 aromatic heterocycles. The van der Waals surface area contributed by atoms with Gasteiger partial charge in [0.1, 0.15) is 5.75 Å². The molecular weight excluding hydrogens is 300 g/mol. The van der Waals surface area contributed by atoms with E-state index in [0.717, 1.165) is 37.2 Å². The molecule has 0 fully saturated rings. The van der Waals surface area contributed by atoms with Gasteiger partial charge in [-0.2, -0.15) is 0 Å². The fourth-order valence-corrected chi connectivity index (χ4v) is 3.09. The van der Waals surface area contributed by atoms with Gasteiger partial charge in [-0.05, 0) is 55.5 Å². The number of urea groups is 1. The van der Waals surface area contributed by atoms with Crippen molar-refractivity contribution in [1.29, 1.82) is 0 Å². The van der Waals surface area contributed by atoms with Gasteiger partial charge in [0, 0.05) is 18.3 Å². The van der Waals surface area contributed by atoms with Crippen molar-refractivity contribution >= 4 is 11.7 Å². The second-order valence-corrected chi connectivity index (χ2v) is 6.27. The Morgan fingerprint density at radius 1 is 1.21 bits per heavy atom. The number of ether oxygens (including phenoxy) is 1. The Morgan fingerprint density at radius 2 is 1.96 bits per heavy atom. The largest absolute Gasteiger partial charge is 0.497 e. The van der Waals surface area contributed by atoms with Crippen molar-refractivity contribution in [2.75, 3.05) is 18.6 Å². The van der Waals surface area contributed by atoms with E-state index in [9.17, 15) is 4.79 Å². The molecule has 1 unspecified atom stereocenters. The van der Waals surface area contributed by atoms with Gasteiger partial charge in [0.2, 0.25) is 0 Å². The zero-order valence-electron chi connectivity index (χ0n) is 14.3. The van der Waals surface area contributed by atoms with E-state index in [1.165, 1.54) is 11.1 Å². The maximum atomic E-state index is 12.5. The third-order valence-electron chi connectivity index (χ3n) is 4.53. The molecule has 2 aromatic rings. The van der Waals surface area contributed by atoms with Crippen molar-refractivity contribution in [3.8, 4) is 5.75 Å². The first kappa shape index (κ1) is 16.4. The Labute approximate surface area is 143 Å². The highest BCUT2D eigenvalue weighted by Gasteiger charge is 2.24. The minimum Gasteiger partial charge on any atom is -0.497 e. The van der Waals surface area contributed by atoms with Crippen LogP contribution in [0.3, 0.4) is 0 Å². The van der Waals surface area contributed by atoms with Gasteiger partial charge in [-0.15, -0.1) is 0 Å². The zero-order chi connectivity index (χ0) is 16.9. The molecule has 4 heteroatoms. The molecule has 126 valence electrons. The predicted octanol–water partition coefficient (Wildman–Crippen LogP) is 3.79. The highest BCUT2D eigenvalue weighted by atomic mass is 16.5. The van der Waals surface area contributed by atoms with Crippen LogP contribution in [0.2, 0.25) is 0 Å². The van der Waals surface area contributed by atoms with Crippen molar-refractivity contribution in [2.24, 2.45) is 0 Å². The van der Waals surface area contributed by atoms with Gasteiger partial charge in [-0.25, -0.2) is 4.79 Å². The summed E-state index contributed by atoms with van der Waals surface area (Å²) in [6.45, 7) is 2.82. The average Bonchev–Trinajstić information content (AvgIpc) is 3.04. The summed E-state index contributed by atoms with van der Waals surface area (Å²) in [4.78, 5) is 14.4. The maximum absolute atomic E-state index is 12.5. The lowest BCUT2D eigenvalue weighted by Crippen LogP contribution is -2.43. The molecule has 0 spiro atoms. The summed E-state index contributed by atoms with van der Waals surface area (Å²) >= 11 is 0. The number of nitrogens with one attached hydrogen (secondary N) is 1. The minimum atomic E-state index is 0.00202. The molecule has 1 heterocycles. The Kier molecular flexibility index (Phi) is 5.04. The van der Waals surface area contributed by atoms with Crippen LogP contribution in [0.25, 0.3) is 0 Å². The number of fused-ring (bicyclic) bond motifs is 1. The third-order valence-corrected chi connectivity index (χ3v) is 4.53. The van der Waals surface area contributed by atoms with Gasteiger partial charge < -0.3 is 10.1 Å². The molecule has 2 aromatic carbocycles. The SMILES string of the molecule is COc1ccc(CCC(C)NC(=O)N2CCc3ccccc32)cc1. The number of benzene rings is 2. The predicted molar refractivity (Wildman–Crippen MR) is 96.8 cm³/mol. The smallest absolute Gasteiger partial charge is 0.322 e. The Hall–Kier alpha value is -2.49. The van der Waals surface area contributed by atoms with Gasteiger partial charge in [-0.1, -0.05) is 30.3 Å². The van der Waals surface area contributed by atoms with Gasteiger partial charge in [-0.3, -0.25) is 4.90 Å². The monoisotopic (exact) mass is 324 g/mol. The number of aryl methyl sites for hydroxylation is 1. The lowest BCUT2D eigenvalue weighted by molar-refractivity contribution is 0.243. The van der Waals surface area contributed by atoms with Crippen LogP contribution in [0.1, 0.15) is 24.5 Å². The Morgan fingerprint density at radius 3 is 2.71 bits per heavy atom. The Bertz CT molecular complexity index is 697. The van der Waals surface area contributed by atoms with Crippen molar-refractivity contribution in [1.82, 2.24) is 5.32 Å². The zero-order valence-corrected chi connectivity index (χ0v) is 14.3. The molecule has 24 heavy (non-hydrogen) atoms. The number of para-hydroxylation sites is 1. The van der Waals surface area contributed by atoms with E-state index in [2.05, 4.69) is 30.4 Å². The standard InChI is InChI=1S/C20H24N2O2/c1-15(7-8-16-9-11-18(24-2)12-10-16)21-20(23)22-14-13-17-5-3-4-6-19(17)22/h3-6,9-12,15H,7-8,13-14H2,1-2H3,(H,21,23). The first-order chi connectivity index (χ1) is 11.7. The molecule has 1 aliphatic heterocycles. The van der Waals surface area contributed by atoms with Crippen molar-refractivity contribution in [3.05, 3.63) is 59.7 Å². The normalized spacial score (nSPS) is 14.2. The summed E-state index contributed by atoms with van der Waals surface area (Å²) in [6.07, 6.45) is 2.78. The third kappa shape index (κ3) is 3.70. The number of nitrogens with zero attached hydrogens (tertiary/aromatic N) is 1. The molecule has 0 saturated carbocycles. The number of carbonyl (C=O) groups excluding carboxylic acids is 1. The molecule has 1 N–H and O–H groups in total. The molecule has 0 aliphatic carbocycles. The van der Waals surface area contributed by atoms with Crippen LogP contribution < -0.4 is 15.0 Å². The second-order valence-electron chi connectivity index (χ2n) is 6.27. The molecular formula is C20H24N2O2.